The number of hydrogen-bond acceptors (Lipinski definition) is 7. The number of carbonyl (C=O) groups excluding carboxylic acids is 3. The fourth-order valence-corrected chi connectivity index (χ4v) is 2.06. The maximum atomic E-state index is 11.6. The summed E-state index contributed by atoms with van der Waals surface area (Å²) in [7, 11) is 0. The molecule has 0 unspecified atom stereocenters. The molecular formula is C11H18I2N2O7. The van der Waals surface area contributed by atoms with Gasteiger partial charge in [-0.3, -0.25) is 14.4 Å². The number of rotatable bonds is 10. The molecule has 0 rings (SSSR count). The number of carbonyl (C=O) groups is 3. The highest BCUT2D eigenvalue weighted by Crippen LogP contribution is 2.07. The van der Waals surface area contributed by atoms with Gasteiger partial charge in [-0.25, -0.2) is 0 Å². The number of halogens is 2. The Balaban J connectivity index is 4.31. The Morgan fingerprint density at radius 2 is 1.32 bits per heavy atom. The normalized spacial score (nSPS) is 16.3. The van der Waals surface area contributed by atoms with Crippen LogP contribution in [0.4, 0.5) is 0 Å². The molecule has 0 saturated carbocycles. The van der Waals surface area contributed by atoms with E-state index in [-0.39, 0.29) is 27.9 Å². The third-order valence-electron chi connectivity index (χ3n) is 2.59. The van der Waals surface area contributed by atoms with E-state index in [0.29, 0.717) is 0 Å². The van der Waals surface area contributed by atoms with Gasteiger partial charge in [0.05, 0.1) is 8.86 Å². The van der Waals surface area contributed by atoms with Gasteiger partial charge in [-0.15, -0.1) is 0 Å². The molecule has 0 aromatic heterocycles. The third-order valence-corrected chi connectivity index (χ3v) is 4.04. The van der Waals surface area contributed by atoms with Gasteiger partial charge in [0.15, 0.2) is 11.9 Å². The molecule has 0 aliphatic rings. The largest absolute Gasteiger partial charge is 0.387 e. The van der Waals surface area contributed by atoms with E-state index in [9.17, 15) is 34.8 Å². The molecule has 9 nitrogen and oxygen atoms in total. The summed E-state index contributed by atoms with van der Waals surface area (Å²) in [5.41, 5.74) is 0. The standard InChI is InChI=1S/C11H18I2N2O7/c12-3-5(16)7(18)8(19)9(20)10(21)11(22)15-2-1-14-6(17)4-13/h7-10,18-21H,1-4H2,(H,14,17)(H,15,22)/t7-,8+,9+,10-/m0/s1. The van der Waals surface area contributed by atoms with E-state index < -0.39 is 36.1 Å². The summed E-state index contributed by atoms with van der Waals surface area (Å²) >= 11 is 3.54. The molecule has 0 saturated heterocycles. The second-order valence-corrected chi connectivity index (χ2v) is 5.77. The highest BCUT2D eigenvalue weighted by molar-refractivity contribution is 14.1. The summed E-state index contributed by atoms with van der Waals surface area (Å²) in [6.45, 7) is 0.144. The maximum Gasteiger partial charge on any atom is 0.251 e. The van der Waals surface area contributed by atoms with Crippen molar-refractivity contribution in [3.63, 3.8) is 0 Å². The van der Waals surface area contributed by atoms with Gasteiger partial charge in [-0.05, 0) is 0 Å². The van der Waals surface area contributed by atoms with Gasteiger partial charge in [-0.2, -0.15) is 0 Å². The quantitative estimate of drug-likeness (QED) is 0.0980. The van der Waals surface area contributed by atoms with E-state index in [0.717, 1.165) is 0 Å². The molecule has 0 spiro atoms. The highest BCUT2D eigenvalue weighted by Gasteiger charge is 2.36. The maximum absolute atomic E-state index is 11.6. The van der Waals surface area contributed by atoms with E-state index in [1.165, 1.54) is 0 Å². The van der Waals surface area contributed by atoms with Gasteiger partial charge in [-0.1, -0.05) is 45.2 Å². The molecule has 0 aromatic carbocycles. The lowest BCUT2D eigenvalue weighted by atomic mass is 10.0. The lowest BCUT2D eigenvalue weighted by Crippen LogP contribution is -2.53. The van der Waals surface area contributed by atoms with Crippen molar-refractivity contribution in [3.8, 4) is 0 Å². The summed E-state index contributed by atoms with van der Waals surface area (Å²) in [4.78, 5) is 33.7. The summed E-state index contributed by atoms with van der Waals surface area (Å²) in [5, 5.41) is 42.9. The molecule has 128 valence electrons. The molecule has 0 aromatic rings. The molecule has 22 heavy (non-hydrogen) atoms. The highest BCUT2D eigenvalue weighted by atomic mass is 127. The summed E-state index contributed by atoms with van der Waals surface area (Å²) in [6, 6.07) is 0. The smallest absolute Gasteiger partial charge is 0.251 e. The van der Waals surface area contributed by atoms with Crippen LogP contribution in [-0.4, -0.2) is 84.4 Å². The van der Waals surface area contributed by atoms with Crippen LogP contribution in [0.2, 0.25) is 0 Å². The molecule has 0 bridgehead atoms. The molecular weight excluding hydrogens is 526 g/mol. The number of amides is 2. The van der Waals surface area contributed by atoms with Crippen molar-refractivity contribution in [2.75, 3.05) is 21.9 Å². The molecule has 0 aliphatic carbocycles. The van der Waals surface area contributed by atoms with Crippen LogP contribution in [0, 0.1) is 0 Å². The van der Waals surface area contributed by atoms with E-state index in [4.69, 9.17) is 0 Å². The Labute approximate surface area is 154 Å². The average Bonchev–Trinajstić information content (AvgIpc) is 2.54. The van der Waals surface area contributed by atoms with Gasteiger partial charge < -0.3 is 31.1 Å². The van der Waals surface area contributed by atoms with Crippen LogP contribution in [0.15, 0.2) is 0 Å². The first kappa shape index (κ1) is 21.9. The third kappa shape index (κ3) is 7.45. The van der Waals surface area contributed by atoms with Crippen molar-refractivity contribution in [2.45, 2.75) is 24.4 Å². The molecule has 11 heteroatoms. The predicted octanol–water partition coefficient (Wildman–Crippen LogP) is -2.90. The van der Waals surface area contributed by atoms with Gasteiger partial charge in [0, 0.05) is 13.1 Å². The summed E-state index contributed by atoms with van der Waals surface area (Å²) in [5.74, 6) is -1.95. The molecule has 4 atom stereocenters. The van der Waals surface area contributed by atoms with Gasteiger partial charge >= 0.3 is 0 Å². The zero-order chi connectivity index (χ0) is 17.3. The van der Waals surface area contributed by atoms with Crippen LogP contribution in [0.25, 0.3) is 0 Å². The molecule has 2 amide bonds. The summed E-state index contributed by atoms with van der Waals surface area (Å²) < 4.78 is 0.170. The minimum atomic E-state index is -2.02. The monoisotopic (exact) mass is 544 g/mol. The molecule has 0 aliphatic heterocycles. The topological polar surface area (TPSA) is 156 Å². The van der Waals surface area contributed by atoms with Gasteiger partial charge in [0.25, 0.3) is 5.91 Å². The number of aliphatic hydroxyl groups excluding tert-OH is 4. The first-order valence-electron chi connectivity index (χ1n) is 6.17. The van der Waals surface area contributed by atoms with Crippen molar-refractivity contribution in [1.82, 2.24) is 10.6 Å². The van der Waals surface area contributed by atoms with E-state index >= 15 is 0 Å². The number of ketones is 1. The zero-order valence-electron chi connectivity index (χ0n) is 11.4. The van der Waals surface area contributed by atoms with Crippen molar-refractivity contribution >= 4 is 62.8 Å². The van der Waals surface area contributed by atoms with Crippen LogP contribution >= 0.6 is 45.2 Å². The van der Waals surface area contributed by atoms with Crippen molar-refractivity contribution in [2.24, 2.45) is 0 Å². The van der Waals surface area contributed by atoms with Gasteiger partial charge in [0.2, 0.25) is 5.91 Å². The minimum Gasteiger partial charge on any atom is -0.387 e. The van der Waals surface area contributed by atoms with Crippen molar-refractivity contribution in [1.29, 1.82) is 0 Å². The van der Waals surface area contributed by atoms with Gasteiger partial charge in [0.1, 0.15) is 18.3 Å². The Kier molecular flexibility index (Phi) is 11.4. The van der Waals surface area contributed by atoms with Crippen LogP contribution in [0.1, 0.15) is 0 Å². The fourth-order valence-electron chi connectivity index (χ4n) is 1.34. The Morgan fingerprint density at radius 1 is 0.818 bits per heavy atom. The number of hydrogen-bond donors (Lipinski definition) is 6. The molecule has 0 heterocycles. The van der Waals surface area contributed by atoms with Crippen molar-refractivity contribution < 1.29 is 34.8 Å². The number of alkyl halides is 2. The number of nitrogens with one attached hydrogen (secondary N) is 2. The lowest BCUT2D eigenvalue weighted by Gasteiger charge is -2.25. The molecule has 0 radical (unpaired) electrons. The zero-order valence-corrected chi connectivity index (χ0v) is 15.7. The molecule has 6 N–H and O–H groups in total. The Bertz CT molecular complexity index is 397. The second-order valence-electron chi connectivity index (χ2n) is 4.25. The van der Waals surface area contributed by atoms with E-state index in [1.54, 1.807) is 22.6 Å². The van der Waals surface area contributed by atoms with Crippen LogP contribution in [-0.2, 0) is 14.4 Å². The van der Waals surface area contributed by atoms with E-state index in [1.807, 2.05) is 22.6 Å². The summed E-state index contributed by atoms with van der Waals surface area (Å²) in [6.07, 6.45) is -7.92. The minimum absolute atomic E-state index is 0.0102. The van der Waals surface area contributed by atoms with Crippen molar-refractivity contribution in [3.05, 3.63) is 0 Å². The predicted molar refractivity (Wildman–Crippen MR) is 92.8 cm³/mol. The average molecular weight is 544 g/mol. The SMILES string of the molecule is O=C(CI)NCCNC(=O)[C@@H](O)[C@H](O)[C@H](O)[C@@H](O)C(=O)CI. The number of aliphatic hydroxyl groups is 4. The van der Waals surface area contributed by atoms with Crippen LogP contribution in [0.5, 0.6) is 0 Å². The number of Topliss-reactive ketones (excluding diaryl/α,β-unsaturated/α-hetero) is 1. The Morgan fingerprint density at radius 3 is 1.82 bits per heavy atom. The first-order chi connectivity index (χ1) is 10.3. The van der Waals surface area contributed by atoms with Crippen LogP contribution in [0.3, 0.4) is 0 Å². The Hall–Kier alpha value is -0.0900. The molecule has 0 fully saturated rings. The lowest BCUT2D eigenvalue weighted by molar-refractivity contribution is -0.153. The fraction of sp³-hybridized carbons (Fsp3) is 0.727. The first-order valence-corrected chi connectivity index (χ1v) is 9.22. The van der Waals surface area contributed by atoms with Crippen LogP contribution < -0.4 is 10.6 Å². The second kappa shape index (κ2) is 11.4. The van der Waals surface area contributed by atoms with E-state index in [2.05, 4.69) is 10.6 Å².